The van der Waals surface area contributed by atoms with Gasteiger partial charge < -0.3 is 15.3 Å². The molecule has 0 saturated heterocycles. The third-order valence-corrected chi connectivity index (χ3v) is 7.61. The molecule has 30 heavy (non-hydrogen) atoms. The predicted molar refractivity (Wildman–Crippen MR) is 117 cm³/mol. The van der Waals surface area contributed by atoms with Gasteiger partial charge >= 0.3 is 0 Å². The first kappa shape index (κ1) is 21.4. The molecule has 5 heteroatoms. The summed E-state index contributed by atoms with van der Waals surface area (Å²) in [4.78, 5) is 27.5. The highest BCUT2D eigenvalue weighted by Gasteiger charge is 2.54. The van der Waals surface area contributed by atoms with Gasteiger partial charge in [0.25, 0.3) is 5.91 Å². The number of carbonyl (C=O) groups excluding carboxylic acids is 2. The number of benzene rings is 1. The van der Waals surface area contributed by atoms with E-state index >= 15 is 0 Å². The molecule has 0 radical (unpaired) electrons. The van der Waals surface area contributed by atoms with Crippen molar-refractivity contribution >= 4 is 11.8 Å². The van der Waals surface area contributed by atoms with E-state index < -0.39 is 0 Å². The van der Waals surface area contributed by atoms with E-state index in [-0.39, 0.29) is 23.8 Å². The highest BCUT2D eigenvalue weighted by Crippen LogP contribution is 2.60. The molecule has 0 spiro atoms. The van der Waals surface area contributed by atoms with E-state index in [4.69, 9.17) is 0 Å². The smallest absolute Gasteiger partial charge is 0.253 e. The number of hydrogen-bond donors (Lipinski definition) is 2. The molecule has 4 aliphatic rings. The second kappa shape index (κ2) is 9.09. The van der Waals surface area contributed by atoms with E-state index in [1.165, 1.54) is 19.3 Å². The zero-order valence-corrected chi connectivity index (χ0v) is 18.2. The fourth-order valence-corrected chi connectivity index (χ4v) is 6.49. The van der Waals surface area contributed by atoms with Crippen molar-refractivity contribution in [3.05, 3.63) is 35.4 Å². The number of aliphatic hydroxyl groups excluding tert-OH is 1. The van der Waals surface area contributed by atoms with Crippen LogP contribution < -0.4 is 5.32 Å². The Labute approximate surface area is 180 Å². The Morgan fingerprint density at radius 3 is 2.17 bits per heavy atom. The molecule has 0 heterocycles. The maximum atomic E-state index is 13.1. The summed E-state index contributed by atoms with van der Waals surface area (Å²) in [6.45, 7) is 3.61. The standard InChI is InChI=1S/C25H36N2O3/c1-2-3-8-27(9-10-28)23(29)22-6-4-18(5-7-22)17-26-24(30)25-14-19-11-20(15-25)13-21(12-19)16-25/h4-7,19-21,28H,2-3,8-17H2,1H3,(H,26,30). The van der Waals surface area contributed by atoms with Gasteiger partial charge in [0.05, 0.1) is 6.61 Å². The first-order valence-electron chi connectivity index (χ1n) is 11.8. The Hall–Kier alpha value is -1.88. The average molecular weight is 413 g/mol. The number of carbonyl (C=O) groups is 2. The molecule has 4 fully saturated rings. The number of rotatable bonds is 9. The number of nitrogens with zero attached hydrogens (tertiary/aromatic N) is 1. The zero-order valence-electron chi connectivity index (χ0n) is 18.2. The van der Waals surface area contributed by atoms with E-state index in [1.807, 2.05) is 24.3 Å². The third kappa shape index (κ3) is 4.41. The van der Waals surface area contributed by atoms with Crippen molar-refractivity contribution in [2.24, 2.45) is 23.2 Å². The monoisotopic (exact) mass is 412 g/mol. The van der Waals surface area contributed by atoms with Crippen molar-refractivity contribution in [3.8, 4) is 0 Å². The van der Waals surface area contributed by atoms with Crippen LogP contribution in [0.4, 0.5) is 0 Å². The summed E-state index contributed by atoms with van der Waals surface area (Å²) in [5, 5.41) is 12.5. The lowest BCUT2D eigenvalue weighted by Gasteiger charge is -2.55. The summed E-state index contributed by atoms with van der Waals surface area (Å²) in [5.41, 5.74) is 1.54. The first-order valence-corrected chi connectivity index (χ1v) is 11.8. The minimum absolute atomic E-state index is 0.0239. The molecule has 164 valence electrons. The lowest BCUT2D eigenvalue weighted by atomic mass is 9.49. The van der Waals surface area contributed by atoms with Crippen LogP contribution in [0.1, 0.15) is 74.2 Å². The second-order valence-corrected chi connectivity index (χ2v) is 9.95. The minimum atomic E-state index is -0.116. The summed E-state index contributed by atoms with van der Waals surface area (Å²) in [5.74, 6) is 2.50. The fourth-order valence-electron chi connectivity index (χ4n) is 6.49. The largest absolute Gasteiger partial charge is 0.395 e. The molecular formula is C25H36N2O3. The van der Waals surface area contributed by atoms with Crippen molar-refractivity contribution in [3.63, 3.8) is 0 Å². The van der Waals surface area contributed by atoms with Crippen LogP contribution in [0.3, 0.4) is 0 Å². The Morgan fingerprint density at radius 2 is 1.63 bits per heavy atom. The highest BCUT2D eigenvalue weighted by atomic mass is 16.3. The van der Waals surface area contributed by atoms with E-state index in [0.29, 0.717) is 25.2 Å². The van der Waals surface area contributed by atoms with Gasteiger partial charge in [-0.3, -0.25) is 9.59 Å². The normalized spacial score (nSPS) is 29.1. The summed E-state index contributed by atoms with van der Waals surface area (Å²) < 4.78 is 0. The summed E-state index contributed by atoms with van der Waals surface area (Å²) >= 11 is 0. The Balaban J connectivity index is 1.33. The van der Waals surface area contributed by atoms with Gasteiger partial charge in [-0.05, 0) is 80.4 Å². The van der Waals surface area contributed by atoms with E-state index in [0.717, 1.165) is 55.4 Å². The van der Waals surface area contributed by atoms with Crippen LogP contribution in [-0.2, 0) is 11.3 Å². The number of unbranched alkanes of at least 4 members (excludes halogenated alkanes) is 1. The van der Waals surface area contributed by atoms with Crippen LogP contribution in [0.15, 0.2) is 24.3 Å². The van der Waals surface area contributed by atoms with Crippen molar-refractivity contribution in [1.82, 2.24) is 10.2 Å². The van der Waals surface area contributed by atoms with Gasteiger partial charge in [0.2, 0.25) is 5.91 Å². The maximum absolute atomic E-state index is 13.1. The number of hydrogen-bond acceptors (Lipinski definition) is 3. The Morgan fingerprint density at radius 1 is 1.03 bits per heavy atom. The van der Waals surface area contributed by atoms with Crippen molar-refractivity contribution in [2.75, 3.05) is 19.7 Å². The zero-order chi connectivity index (χ0) is 21.1. The van der Waals surface area contributed by atoms with Crippen molar-refractivity contribution < 1.29 is 14.7 Å². The van der Waals surface area contributed by atoms with Gasteiger partial charge in [0.15, 0.2) is 0 Å². The molecule has 5 rings (SSSR count). The topological polar surface area (TPSA) is 69.6 Å². The molecule has 4 aliphatic carbocycles. The quantitative estimate of drug-likeness (QED) is 0.649. The number of nitrogens with one attached hydrogen (secondary N) is 1. The number of aliphatic hydroxyl groups is 1. The van der Waals surface area contributed by atoms with Crippen LogP contribution in [0, 0.1) is 23.2 Å². The van der Waals surface area contributed by atoms with Crippen LogP contribution in [0.2, 0.25) is 0 Å². The van der Waals surface area contributed by atoms with Crippen LogP contribution >= 0.6 is 0 Å². The summed E-state index contributed by atoms with van der Waals surface area (Å²) in [7, 11) is 0. The van der Waals surface area contributed by atoms with Gasteiger partial charge in [0.1, 0.15) is 0 Å². The number of amides is 2. The molecule has 0 atom stereocenters. The molecule has 0 unspecified atom stereocenters. The molecule has 1 aromatic rings. The molecular weight excluding hydrogens is 376 g/mol. The van der Waals surface area contributed by atoms with E-state index in [1.54, 1.807) is 4.90 Å². The molecule has 4 saturated carbocycles. The van der Waals surface area contributed by atoms with Gasteiger partial charge in [-0.1, -0.05) is 25.5 Å². The van der Waals surface area contributed by atoms with Crippen molar-refractivity contribution in [1.29, 1.82) is 0 Å². The minimum Gasteiger partial charge on any atom is -0.395 e. The molecule has 0 aliphatic heterocycles. The van der Waals surface area contributed by atoms with Gasteiger partial charge in [0, 0.05) is 30.6 Å². The molecule has 5 nitrogen and oxygen atoms in total. The SMILES string of the molecule is CCCCN(CCO)C(=O)c1ccc(CNC(=O)C23CC4CC(CC(C4)C2)C3)cc1. The Bertz CT molecular complexity index is 723. The Kier molecular flexibility index (Phi) is 6.47. The fraction of sp³-hybridized carbons (Fsp3) is 0.680. The van der Waals surface area contributed by atoms with Gasteiger partial charge in [-0.2, -0.15) is 0 Å². The highest BCUT2D eigenvalue weighted by molar-refractivity contribution is 5.94. The van der Waals surface area contributed by atoms with Crippen LogP contribution in [0.5, 0.6) is 0 Å². The maximum Gasteiger partial charge on any atom is 0.253 e. The molecule has 0 aromatic heterocycles. The lowest BCUT2D eigenvalue weighted by Crippen LogP contribution is -2.53. The van der Waals surface area contributed by atoms with Crippen molar-refractivity contribution in [2.45, 2.75) is 64.8 Å². The lowest BCUT2D eigenvalue weighted by molar-refractivity contribution is -0.146. The predicted octanol–water partition coefficient (Wildman–Crippen LogP) is 3.75. The average Bonchev–Trinajstić information content (AvgIpc) is 2.74. The van der Waals surface area contributed by atoms with Gasteiger partial charge in [-0.15, -0.1) is 0 Å². The summed E-state index contributed by atoms with van der Waals surface area (Å²) in [6.07, 6.45) is 9.21. The molecule has 1 aromatic carbocycles. The van der Waals surface area contributed by atoms with Gasteiger partial charge in [-0.25, -0.2) is 0 Å². The van der Waals surface area contributed by atoms with Crippen LogP contribution in [0.25, 0.3) is 0 Å². The third-order valence-electron chi connectivity index (χ3n) is 7.61. The second-order valence-electron chi connectivity index (χ2n) is 9.95. The molecule has 2 N–H and O–H groups in total. The summed E-state index contributed by atoms with van der Waals surface area (Å²) in [6, 6.07) is 7.55. The van der Waals surface area contributed by atoms with Crippen LogP contribution in [-0.4, -0.2) is 41.5 Å². The van der Waals surface area contributed by atoms with E-state index in [9.17, 15) is 14.7 Å². The molecule has 4 bridgehead atoms. The first-order chi connectivity index (χ1) is 14.5. The van der Waals surface area contributed by atoms with E-state index in [2.05, 4.69) is 12.2 Å². The molecule has 2 amide bonds.